The second-order valence-corrected chi connectivity index (χ2v) is 7.84. The number of hydrogen-bond acceptors (Lipinski definition) is 5. The second-order valence-electron chi connectivity index (χ2n) is 7.84. The summed E-state index contributed by atoms with van der Waals surface area (Å²) in [5.74, 6) is 2.41. The van der Waals surface area contributed by atoms with Crippen LogP contribution in [-0.2, 0) is 0 Å². The molecule has 0 radical (unpaired) electrons. The lowest BCUT2D eigenvalue weighted by molar-refractivity contribution is 0.405. The number of anilines is 1. The first kappa shape index (κ1) is 20.8. The molecule has 158 valence electrons. The zero-order valence-electron chi connectivity index (χ0n) is 18.3. The first-order valence-corrected chi connectivity index (χ1v) is 10.5. The van der Waals surface area contributed by atoms with Crippen LogP contribution in [0.1, 0.15) is 17.8 Å². The number of nitrogens with one attached hydrogen (secondary N) is 1. The smallest absolute Gasteiger partial charge is 0.154 e. The molecule has 0 saturated carbocycles. The maximum absolute atomic E-state index is 5.23. The van der Waals surface area contributed by atoms with Gasteiger partial charge in [0.1, 0.15) is 11.6 Å². The van der Waals surface area contributed by atoms with Crippen molar-refractivity contribution in [3.8, 4) is 5.75 Å². The van der Waals surface area contributed by atoms with Crippen molar-refractivity contribution in [2.45, 2.75) is 6.42 Å². The van der Waals surface area contributed by atoms with Gasteiger partial charge in [0.15, 0.2) is 5.82 Å². The Morgan fingerprint density at radius 2 is 1.68 bits per heavy atom. The van der Waals surface area contributed by atoms with Gasteiger partial charge in [0, 0.05) is 11.9 Å². The molecule has 0 fully saturated rings. The molecular formula is C26H28N4O. The average Bonchev–Trinajstić information content (AvgIpc) is 2.79. The Bertz CT molecular complexity index is 1200. The summed E-state index contributed by atoms with van der Waals surface area (Å²) in [5.41, 5.74) is 2.02. The Morgan fingerprint density at radius 1 is 0.935 bits per heavy atom. The number of hydrogen-bond donors (Lipinski definition) is 1. The summed E-state index contributed by atoms with van der Waals surface area (Å²) in [5, 5.41) is 6.95. The van der Waals surface area contributed by atoms with Gasteiger partial charge in [0.05, 0.1) is 12.6 Å². The minimum atomic E-state index is 0.689. The summed E-state index contributed by atoms with van der Waals surface area (Å²) in [6.07, 6.45) is 5.03. The number of aromatic nitrogens is 2. The lowest BCUT2D eigenvalue weighted by atomic mass is 10.1. The van der Waals surface area contributed by atoms with E-state index in [1.807, 2.05) is 36.4 Å². The highest BCUT2D eigenvalue weighted by Crippen LogP contribution is 2.27. The van der Waals surface area contributed by atoms with Crippen LogP contribution in [0.25, 0.3) is 33.8 Å². The first-order valence-electron chi connectivity index (χ1n) is 10.5. The van der Waals surface area contributed by atoms with E-state index in [0.717, 1.165) is 47.5 Å². The molecule has 4 aromatic rings. The van der Waals surface area contributed by atoms with Crippen LogP contribution in [0.5, 0.6) is 5.75 Å². The summed E-state index contributed by atoms with van der Waals surface area (Å²) < 4.78 is 5.23. The normalized spacial score (nSPS) is 11.6. The predicted octanol–water partition coefficient (Wildman–Crippen LogP) is 5.33. The van der Waals surface area contributed by atoms with E-state index < -0.39 is 0 Å². The second kappa shape index (κ2) is 9.58. The van der Waals surface area contributed by atoms with Crippen molar-refractivity contribution in [2.24, 2.45) is 0 Å². The van der Waals surface area contributed by atoms with E-state index in [9.17, 15) is 0 Å². The maximum Gasteiger partial charge on any atom is 0.154 e. The lowest BCUT2D eigenvalue weighted by Gasteiger charge is -2.13. The number of ether oxygens (including phenoxy) is 1. The molecule has 0 aliphatic rings. The van der Waals surface area contributed by atoms with Crippen LogP contribution in [0.3, 0.4) is 0 Å². The maximum atomic E-state index is 5.23. The van der Waals surface area contributed by atoms with E-state index in [1.54, 1.807) is 7.11 Å². The molecule has 0 spiro atoms. The number of nitrogens with zero attached hydrogens (tertiary/aromatic N) is 3. The van der Waals surface area contributed by atoms with Crippen molar-refractivity contribution in [3.63, 3.8) is 0 Å². The van der Waals surface area contributed by atoms with Gasteiger partial charge < -0.3 is 15.0 Å². The highest BCUT2D eigenvalue weighted by atomic mass is 16.5. The quantitative estimate of drug-likeness (QED) is 0.313. The number of fused-ring (bicyclic) bond motifs is 2. The largest absolute Gasteiger partial charge is 0.497 e. The molecule has 0 saturated heterocycles. The summed E-state index contributed by atoms with van der Waals surface area (Å²) >= 11 is 0. The van der Waals surface area contributed by atoms with Crippen LogP contribution in [-0.4, -0.2) is 49.2 Å². The van der Waals surface area contributed by atoms with Crippen molar-refractivity contribution < 1.29 is 4.74 Å². The third kappa shape index (κ3) is 5.19. The predicted molar refractivity (Wildman–Crippen MR) is 131 cm³/mol. The van der Waals surface area contributed by atoms with Gasteiger partial charge in [0.2, 0.25) is 0 Å². The van der Waals surface area contributed by atoms with Crippen molar-refractivity contribution in [1.29, 1.82) is 0 Å². The number of rotatable bonds is 8. The fraction of sp³-hybridized carbons (Fsp3) is 0.231. The Balaban J connectivity index is 1.68. The minimum absolute atomic E-state index is 0.689. The molecule has 4 rings (SSSR count). The van der Waals surface area contributed by atoms with Gasteiger partial charge in [-0.05, 0) is 73.7 Å². The van der Waals surface area contributed by atoms with Gasteiger partial charge in [-0.15, -0.1) is 0 Å². The van der Waals surface area contributed by atoms with E-state index in [2.05, 4.69) is 60.7 Å². The topological polar surface area (TPSA) is 50.3 Å². The van der Waals surface area contributed by atoms with E-state index in [4.69, 9.17) is 14.7 Å². The van der Waals surface area contributed by atoms with E-state index in [1.165, 1.54) is 10.8 Å². The standard InChI is InChI=1S/C26H28N4O/c1-30(2)16-6-15-27-26-23-17-20-7-4-5-8-21(20)18-24(23)28-25(29-26)14-11-19-9-12-22(31-3)13-10-19/h4-5,7-14,17-18H,6,15-16H2,1-3H3,(H,27,28,29)/b14-11+. The van der Waals surface area contributed by atoms with Crippen molar-refractivity contribution >= 4 is 39.6 Å². The average molecular weight is 413 g/mol. The Labute approximate surface area is 183 Å². The van der Waals surface area contributed by atoms with Gasteiger partial charge in [-0.1, -0.05) is 42.5 Å². The van der Waals surface area contributed by atoms with Crippen LogP contribution < -0.4 is 10.1 Å². The lowest BCUT2D eigenvalue weighted by Crippen LogP contribution is -2.17. The van der Waals surface area contributed by atoms with Gasteiger partial charge in [-0.25, -0.2) is 9.97 Å². The molecule has 0 bridgehead atoms. The Kier molecular flexibility index (Phi) is 6.43. The zero-order valence-corrected chi connectivity index (χ0v) is 18.3. The summed E-state index contributed by atoms with van der Waals surface area (Å²) in [6.45, 7) is 1.89. The van der Waals surface area contributed by atoms with Crippen LogP contribution in [0, 0.1) is 0 Å². The van der Waals surface area contributed by atoms with Crippen LogP contribution in [0.4, 0.5) is 5.82 Å². The fourth-order valence-corrected chi connectivity index (χ4v) is 3.53. The molecule has 0 unspecified atom stereocenters. The molecule has 1 aromatic heterocycles. The third-order valence-electron chi connectivity index (χ3n) is 5.20. The molecular weight excluding hydrogens is 384 g/mol. The SMILES string of the molecule is COc1ccc(/C=C/c2nc(NCCCN(C)C)c3cc4ccccc4cc3n2)cc1. The molecule has 0 aliphatic carbocycles. The van der Waals surface area contributed by atoms with E-state index in [0.29, 0.717) is 5.82 Å². The molecule has 31 heavy (non-hydrogen) atoms. The molecule has 0 aliphatic heterocycles. The van der Waals surface area contributed by atoms with Crippen molar-refractivity contribution in [2.75, 3.05) is 39.6 Å². The molecule has 1 heterocycles. The summed E-state index contributed by atoms with van der Waals surface area (Å²) in [4.78, 5) is 11.8. The molecule has 0 amide bonds. The summed E-state index contributed by atoms with van der Waals surface area (Å²) in [7, 11) is 5.85. The van der Waals surface area contributed by atoms with E-state index in [-0.39, 0.29) is 0 Å². The Morgan fingerprint density at radius 3 is 2.39 bits per heavy atom. The zero-order chi connectivity index (χ0) is 21.6. The first-order chi connectivity index (χ1) is 15.1. The summed E-state index contributed by atoms with van der Waals surface area (Å²) in [6, 6.07) is 20.6. The van der Waals surface area contributed by atoms with Crippen LogP contribution in [0.15, 0.2) is 60.7 Å². The molecule has 1 N–H and O–H groups in total. The number of methoxy groups -OCH3 is 1. The van der Waals surface area contributed by atoms with Crippen molar-refractivity contribution in [1.82, 2.24) is 14.9 Å². The van der Waals surface area contributed by atoms with Gasteiger partial charge >= 0.3 is 0 Å². The minimum Gasteiger partial charge on any atom is -0.497 e. The highest BCUT2D eigenvalue weighted by molar-refractivity contribution is 6.01. The molecule has 5 heteroatoms. The Hall–Kier alpha value is -3.44. The fourth-order valence-electron chi connectivity index (χ4n) is 3.53. The van der Waals surface area contributed by atoms with E-state index >= 15 is 0 Å². The molecule has 5 nitrogen and oxygen atoms in total. The molecule has 0 atom stereocenters. The van der Waals surface area contributed by atoms with Gasteiger partial charge in [-0.3, -0.25) is 0 Å². The third-order valence-corrected chi connectivity index (χ3v) is 5.20. The monoisotopic (exact) mass is 412 g/mol. The van der Waals surface area contributed by atoms with Crippen molar-refractivity contribution in [3.05, 3.63) is 72.1 Å². The van der Waals surface area contributed by atoms with Crippen LogP contribution in [0.2, 0.25) is 0 Å². The van der Waals surface area contributed by atoms with Gasteiger partial charge in [-0.2, -0.15) is 0 Å². The van der Waals surface area contributed by atoms with Gasteiger partial charge in [0.25, 0.3) is 0 Å². The molecule has 3 aromatic carbocycles. The highest BCUT2D eigenvalue weighted by Gasteiger charge is 2.08. The number of benzene rings is 3. The van der Waals surface area contributed by atoms with Crippen LogP contribution >= 0.6 is 0 Å².